The molecule has 0 aliphatic carbocycles. The van der Waals surface area contributed by atoms with Crippen molar-refractivity contribution in [2.45, 2.75) is 38.1 Å². The lowest BCUT2D eigenvalue weighted by Gasteiger charge is -2.39. The van der Waals surface area contributed by atoms with Crippen LogP contribution in [0.15, 0.2) is 45.0 Å². The Kier molecular flexibility index (Phi) is 6.17. The molecule has 1 aliphatic rings. The van der Waals surface area contributed by atoms with Crippen molar-refractivity contribution < 1.29 is 17.2 Å². The number of fused-ring (bicyclic) bond motifs is 1. The van der Waals surface area contributed by atoms with E-state index in [1.165, 1.54) is 18.2 Å². The summed E-state index contributed by atoms with van der Waals surface area (Å²) < 4.78 is 48.9. The van der Waals surface area contributed by atoms with E-state index in [2.05, 4.69) is 16.8 Å². The topological polar surface area (TPSA) is 99.5 Å². The molecule has 1 N–H and O–H groups in total. The van der Waals surface area contributed by atoms with E-state index in [9.17, 15) is 17.6 Å². The number of anilines is 1. The van der Waals surface area contributed by atoms with Gasteiger partial charge in [0.05, 0.1) is 17.4 Å². The van der Waals surface area contributed by atoms with Gasteiger partial charge in [-0.1, -0.05) is 24.2 Å². The van der Waals surface area contributed by atoms with E-state index < -0.39 is 27.6 Å². The Labute approximate surface area is 201 Å². The number of rotatable bonds is 5. The van der Waals surface area contributed by atoms with Crippen molar-refractivity contribution >= 4 is 32.9 Å². The maximum atomic E-state index is 14.9. The van der Waals surface area contributed by atoms with Crippen molar-refractivity contribution in [2.75, 3.05) is 18.6 Å². The van der Waals surface area contributed by atoms with Crippen molar-refractivity contribution in [3.63, 3.8) is 0 Å². The quantitative estimate of drug-likeness (QED) is 0.557. The van der Waals surface area contributed by atoms with Crippen molar-refractivity contribution in [1.29, 1.82) is 0 Å². The monoisotopic (exact) mass is 506 g/mol. The van der Waals surface area contributed by atoms with Gasteiger partial charge in [0.25, 0.3) is 0 Å². The van der Waals surface area contributed by atoms with Gasteiger partial charge in [-0.25, -0.2) is 22.7 Å². The first-order valence-electron chi connectivity index (χ1n) is 10.4. The number of nitrogens with zero attached hydrogens (tertiary/aromatic N) is 3. The van der Waals surface area contributed by atoms with Gasteiger partial charge in [-0.3, -0.25) is 0 Å². The average Bonchev–Trinajstić information content (AvgIpc) is 3.19. The smallest absolute Gasteiger partial charge is 0.391 e. The van der Waals surface area contributed by atoms with Crippen LogP contribution in [0.3, 0.4) is 0 Å². The number of sulfonamides is 1. The van der Waals surface area contributed by atoms with Crippen LogP contribution in [0.5, 0.6) is 0 Å². The fraction of sp³-hybridized carbons (Fsp3) is 0.304. The normalized spacial score (nSPS) is 16.4. The van der Waals surface area contributed by atoms with Crippen LogP contribution in [0, 0.1) is 19.7 Å². The number of aromatic nitrogens is 2. The maximum Gasteiger partial charge on any atom is 0.434 e. The Bertz CT molecular complexity index is 1460. The van der Waals surface area contributed by atoms with Crippen molar-refractivity contribution in [2.24, 2.45) is 0 Å². The van der Waals surface area contributed by atoms with Crippen LogP contribution in [0.25, 0.3) is 5.57 Å². The first-order valence-corrected chi connectivity index (χ1v) is 12.3. The average molecular weight is 507 g/mol. The van der Waals surface area contributed by atoms with E-state index >= 15 is 0 Å². The molecule has 180 valence electrons. The Balaban J connectivity index is 1.91. The van der Waals surface area contributed by atoms with Gasteiger partial charge in [-0.15, -0.1) is 5.10 Å². The predicted molar refractivity (Wildman–Crippen MR) is 128 cm³/mol. The largest absolute Gasteiger partial charge is 0.434 e. The van der Waals surface area contributed by atoms with E-state index in [-0.39, 0.29) is 23.9 Å². The number of halogens is 2. The molecule has 2 heterocycles. The second kappa shape index (κ2) is 8.68. The number of aryl methyl sites for hydroxylation is 1. The summed E-state index contributed by atoms with van der Waals surface area (Å²) in [4.78, 5) is 13.5. The SMILES string of the molecule is C=C(C)c1c(Cl)ccc2c1N(C)CN([C@@H](Cc1c(F)ccc(C)c1C)c1n[nH]c(=O)o1)S2(=O)=O. The Hall–Kier alpha value is -2.95. The molecule has 0 spiro atoms. The number of allylic oxidation sites excluding steroid dienone is 1. The molecule has 0 radical (unpaired) electrons. The highest BCUT2D eigenvalue weighted by atomic mass is 35.5. The lowest BCUT2D eigenvalue weighted by Crippen LogP contribution is -2.47. The van der Waals surface area contributed by atoms with Crippen LogP contribution in [-0.2, 0) is 16.4 Å². The molecule has 2 aromatic carbocycles. The van der Waals surface area contributed by atoms with Crippen molar-refractivity contribution in [1.82, 2.24) is 14.5 Å². The van der Waals surface area contributed by atoms with Gasteiger partial charge < -0.3 is 9.32 Å². The molecule has 11 heteroatoms. The van der Waals surface area contributed by atoms with Gasteiger partial charge in [0, 0.05) is 19.0 Å². The van der Waals surface area contributed by atoms with Gasteiger partial charge in [-0.2, -0.15) is 4.31 Å². The molecule has 4 rings (SSSR count). The summed E-state index contributed by atoms with van der Waals surface area (Å²) in [6.45, 7) is 9.18. The Morgan fingerprint density at radius 2 is 2.03 bits per heavy atom. The molecule has 0 unspecified atom stereocenters. The molecule has 0 amide bonds. The number of nitrogens with one attached hydrogen (secondary N) is 1. The zero-order valence-corrected chi connectivity index (χ0v) is 20.7. The minimum atomic E-state index is -4.13. The molecule has 0 bridgehead atoms. The number of benzene rings is 2. The van der Waals surface area contributed by atoms with E-state index in [0.29, 0.717) is 33.0 Å². The summed E-state index contributed by atoms with van der Waals surface area (Å²) >= 11 is 6.37. The number of hydrogen-bond donors (Lipinski definition) is 1. The van der Waals surface area contributed by atoms with Gasteiger partial charge in [0.2, 0.25) is 15.9 Å². The first kappa shape index (κ1) is 24.2. The lowest BCUT2D eigenvalue weighted by atomic mass is 9.97. The van der Waals surface area contributed by atoms with Crippen LogP contribution in [0.2, 0.25) is 5.02 Å². The summed E-state index contributed by atoms with van der Waals surface area (Å²) in [6, 6.07) is 4.84. The van der Waals surface area contributed by atoms with E-state index in [1.807, 2.05) is 6.92 Å². The third-order valence-electron chi connectivity index (χ3n) is 6.13. The summed E-state index contributed by atoms with van der Waals surface area (Å²) in [5.41, 5.74) is 3.43. The number of H-pyrrole nitrogens is 1. The molecule has 0 saturated heterocycles. The van der Waals surface area contributed by atoms with E-state index in [4.69, 9.17) is 16.0 Å². The van der Waals surface area contributed by atoms with Crippen LogP contribution in [0.1, 0.15) is 41.1 Å². The third-order valence-corrected chi connectivity index (χ3v) is 8.32. The fourth-order valence-electron chi connectivity index (χ4n) is 4.27. The predicted octanol–water partition coefficient (Wildman–Crippen LogP) is 4.19. The molecule has 1 aromatic heterocycles. The molecule has 1 aliphatic heterocycles. The zero-order valence-electron chi connectivity index (χ0n) is 19.1. The van der Waals surface area contributed by atoms with Gasteiger partial charge in [0.15, 0.2) is 0 Å². The standard InChI is InChI=1S/C23H24ClFN4O4S/c1-12(2)20-16(24)7-9-19-21(20)28(5)11-29(34(19,31)32)18(22-26-27-23(30)33-22)10-15-14(4)13(3)6-8-17(15)25/h6-9,18H,1,10-11H2,2-5H3,(H,27,30)/t18-/m0/s1. The van der Waals surface area contributed by atoms with Crippen LogP contribution < -0.4 is 10.7 Å². The Morgan fingerprint density at radius 3 is 2.65 bits per heavy atom. The summed E-state index contributed by atoms with van der Waals surface area (Å²) in [6.07, 6.45) is -0.0868. The van der Waals surface area contributed by atoms with E-state index in [1.54, 1.807) is 31.9 Å². The number of hydrogen-bond acceptors (Lipinski definition) is 6. The van der Waals surface area contributed by atoms with Crippen LogP contribution in [0.4, 0.5) is 10.1 Å². The molecule has 0 fully saturated rings. The molecule has 0 saturated carbocycles. The van der Waals surface area contributed by atoms with Crippen molar-refractivity contribution in [3.8, 4) is 0 Å². The van der Waals surface area contributed by atoms with Gasteiger partial charge >= 0.3 is 5.76 Å². The third kappa shape index (κ3) is 3.95. The van der Waals surface area contributed by atoms with Gasteiger partial charge in [0.1, 0.15) is 16.8 Å². The molecule has 3 aromatic rings. The molecule has 1 atom stereocenters. The first-order chi connectivity index (χ1) is 15.9. The van der Waals surface area contributed by atoms with Crippen LogP contribution >= 0.6 is 11.6 Å². The van der Waals surface area contributed by atoms with Gasteiger partial charge in [-0.05, 0) is 61.2 Å². The second-order valence-electron chi connectivity index (χ2n) is 8.42. The highest BCUT2D eigenvalue weighted by Crippen LogP contribution is 2.44. The second-order valence-corrected chi connectivity index (χ2v) is 10.7. The van der Waals surface area contributed by atoms with Crippen molar-refractivity contribution in [3.05, 3.63) is 80.4 Å². The minimum absolute atomic E-state index is 0.0213. The highest BCUT2D eigenvalue weighted by Gasteiger charge is 2.43. The van der Waals surface area contributed by atoms with Crippen LogP contribution in [-0.4, -0.2) is 36.6 Å². The zero-order chi connectivity index (χ0) is 24.9. The maximum absolute atomic E-state index is 14.9. The minimum Gasteiger partial charge on any atom is -0.391 e. The number of aromatic amines is 1. The summed E-state index contributed by atoms with van der Waals surface area (Å²) in [7, 11) is -2.41. The molecular formula is C23H24ClFN4O4S. The lowest BCUT2D eigenvalue weighted by molar-refractivity contribution is 0.263. The Morgan fingerprint density at radius 1 is 1.32 bits per heavy atom. The molecular weight excluding hydrogens is 483 g/mol. The highest BCUT2D eigenvalue weighted by molar-refractivity contribution is 7.89. The molecule has 8 nitrogen and oxygen atoms in total. The summed E-state index contributed by atoms with van der Waals surface area (Å²) in [5, 5.41) is 6.45. The molecule has 34 heavy (non-hydrogen) atoms. The van der Waals surface area contributed by atoms with E-state index in [0.717, 1.165) is 9.87 Å². The summed E-state index contributed by atoms with van der Waals surface area (Å²) in [5.74, 6) is -1.47. The fourth-order valence-corrected chi connectivity index (χ4v) is 6.40.